The van der Waals surface area contributed by atoms with Gasteiger partial charge in [0.1, 0.15) is 5.82 Å². The van der Waals surface area contributed by atoms with Crippen molar-refractivity contribution in [1.82, 2.24) is 5.32 Å². The molecule has 1 fully saturated rings. The smallest absolute Gasteiger partial charge is 0.189 e. The Kier molecular flexibility index (Phi) is 3.29. The molecule has 0 bridgehead atoms. The second kappa shape index (κ2) is 4.70. The summed E-state index contributed by atoms with van der Waals surface area (Å²) < 4.78 is 12.9. The molecule has 86 valence electrons. The van der Waals surface area contributed by atoms with E-state index in [1.807, 2.05) is 0 Å². The number of benzene rings is 1. The number of nitrogens with zero attached hydrogens (tertiary/aromatic N) is 1. The molecule has 1 aliphatic rings. The van der Waals surface area contributed by atoms with Crippen molar-refractivity contribution in [2.24, 2.45) is 10.7 Å². The first-order valence-corrected chi connectivity index (χ1v) is 5.53. The summed E-state index contributed by atoms with van der Waals surface area (Å²) in [5, 5.41) is 3.18. The van der Waals surface area contributed by atoms with Crippen molar-refractivity contribution in [1.29, 1.82) is 0 Å². The van der Waals surface area contributed by atoms with E-state index in [4.69, 9.17) is 17.3 Å². The Morgan fingerprint density at radius 1 is 1.56 bits per heavy atom. The Bertz CT molecular complexity index is 416. The third-order valence-corrected chi connectivity index (χ3v) is 2.63. The quantitative estimate of drug-likeness (QED) is 0.629. The first-order chi connectivity index (χ1) is 7.65. The largest absolute Gasteiger partial charge is 0.370 e. The lowest BCUT2D eigenvalue weighted by molar-refractivity contribution is 0.627. The lowest BCUT2D eigenvalue weighted by atomic mass is 10.2. The lowest BCUT2D eigenvalue weighted by Crippen LogP contribution is -2.33. The van der Waals surface area contributed by atoms with Crippen LogP contribution in [0.2, 0.25) is 5.02 Å². The number of hydrogen-bond acceptors (Lipinski definition) is 1. The molecule has 5 heteroatoms. The highest BCUT2D eigenvalue weighted by molar-refractivity contribution is 6.30. The first-order valence-electron chi connectivity index (χ1n) is 5.15. The average molecular weight is 242 g/mol. The number of nitrogens with two attached hydrogens (primary N) is 1. The summed E-state index contributed by atoms with van der Waals surface area (Å²) in [6, 6.07) is 5.03. The number of guanidine groups is 1. The van der Waals surface area contributed by atoms with Gasteiger partial charge in [-0.25, -0.2) is 9.38 Å². The first kappa shape index (κ1) is 11.2. The zero-order chi connectivity index (χ0) is 11.5. The molecule has 0 saturated heterocycles. The zero-order valence-electron chi connectivity index (χ0n) is 8.71. The van der Waals surface area contributed by atoms with Crippen LogP contribution in [-0.4, -0.2) is 12.0 Å². The topological polar surface area (TPSA) is 50.4 Å². The Balaban J connectivity index is 1.94. The minimum atomic E-state index is -0.418. The summed E-state index contributed by atoms with van der Waals surface area (Å²) >= 11 is 5.65. The molecule has 3 nitrogen and oxygen atoms in total. The van der Waals surface area contributed by atoms with Gasteiger partial charge in [0.05, 0.1) is 11.6 Å². The van der Waals surface area contributed by atoms with Gasteiger partial charge in [-0.3, -0.25) is 0 Å². The van der Waals surface area contributed by atoms with Crippen LogP contribution < -0.4 is 11.1 Å². The predicted molar refractivity (Wildman–Crippen MR) is 62.9 cm³/mol. The van der Waals surface area contributed by atoms with E-state index in [0.717, 1.165) is 18.4 Å². The van der Waals surface area contributed by atoms with Gasteiger partial charge in [-0.2, -0.15) is 0 Å². The summed E-state index contributed by atoms with van der Waals surface area (Å²) in [5.41, 5.74) is 6.50. The number of nitrogens with one attached hydrogen (secondary N) is 1. The monoisotopic (exact) mass is 241 g/mol. The molecule has 16 heavy (non-hydrogen) atoms. The molecule has 0 atom stereocenters. The standard InChI is InChI=1S/C11H13ClFN3/c12-9-5-7(1-4-10(9)13)6-15-11(14)16-8-2-3-8/h1,4-5,8H,2-3,6H2,(H3,14,15,16). The van der Waals surface area contributed by atoms with Gasteiger partial charge in [-0.1, -0.05) is 17.7 Å². The van der Waals surface area contributed by atoms with Gasteiger partial charge in [0.2, 0.25) is 0 Å². The molecular weight excluding hydrogens is 229 g/mol. The molecule has 1 aliphatic carbocycles. The minimum Gasteiger partial charge on any atom is -0.370 e. The van der Waals surface area contributed by atoms with Crippen molar-refractivity contribution in [2.75, 3.05) is 0 Å². The molecule has 1 aromatic rings. The van der Waals surface area contributed by atoms with E-state index >= 15 is 0 Å². The Morgan fingerprint density at radius 3 is 2.94 bits per heavy atom. The minimum absolute atomic E-state index is 0.112. The van der Waals surface area contributed by atoms with E-state index in [-0.39, 0.29) is 5.02 Å². The van der Waals surface area contributed by atoms with E-state index in [2.05, 4.69) is 10.3 Å². The third kappa shape index (κ3) is 3.10. The SMILES string of the molecule is NC(=NCc1ccc(F)c(Cl)c1)NC1CC1. The fourth-order valence-corrected chi connectivity index (χ4v) is 1.50. The molecule has 0 aliphatic heterocycles. The van der Waals surface area contributed by atoms with Gasteiger partial charge in [0.25, 0.3) is 0 Å². The van der Waals surface area contributed by atoms with Crippen molar-refractivity contribution in [3.05, 3.63) is 34.6 Å². The summed E-state index contributed by atoms with van der Waals surface area (Å²) in [5.74, 6) is 0.0152. The molecule has 2 rings (SSSR count). The van der Waals surface area contributed by atoms with Crippen LogP contribution in [0, 0.1) is 5.82 Å². The van der Waals surface area contributed by atoms with Gasteiger partial charge in [0, 0.05) is 6.04 Å². The highest BCUT2D eigenvalue weighted by Gasteiger charge is 2.21. The highest BCUT2D eigenvalue weighted by atomic mass is 35.5. The number of rotatable bonds is 3. The summed E-state index contributed by atoms with van der Waals surface area (Å²) in [6.07, 6.45) is 2.30. The van der Waals surface area contributed by atoms with E-state index in [9.17, 15) is 4.39 Å². The van der Waals surface area contributed by atoms with Gasteiger partial charge in [-0.05, 0) is 30.5 Å². The molecule has 3 N–H and O–H groups in total. The van der Waals surface area contributed by atoms with Crippen LogP contribution in [0.3, 0.4) is 0 Å². The third-order valence-electron chi connectivity index (χ3n) is 2.35. The Morgan fingerprint density at radius 2 is 2.31 bits per heavy atom. The van der Waals surface area contributed by atoms with E-state index in [1.165, 1.54) is 6.07 Å². The fourth-order valence-electron chi connectivity index (χ4n) is 1.30. The maximum Gasteiger partial charge on any atom is 0.189 e. The molecular formula is C11H13ClFN3. The van der Waals surface area contributed by atoms with Crippen molar-refractivity contribution in [2.45, 2.75) is 25.4 Å². The Hall–Kier alpha value is -1.29. The summed E-state index contributed by atoms with van der Waals surface area (Å²) in [6.45, 7) is 0.408. The average Bonchev–Trinajstić information content (AvgIpc) is 3.04. The molecule has 0 amide bonds. The van der Waals surface area contributed by atoms with Crippen LogP contribution in [0.15, 0.2) is 23.2 Å². The highest BCUT2D eigenvalue weighted by Crippen LogP contribution is 2.18. The van der Waals surface area contributed by atoms with E-state index in [0.29, 0.717) is 18.5 Å². The summed E-state index contributed by atoms with van der Waals surface area (Å²) in [4.78, 5) is 4.15. The normalized spacial score (nSPS) is 16.2. The fraction of sp³-hybridized carbons (Fsp3) is 0.364. The van der Waals surface area contributed by atoms with Crippen LogP contribution in [0.1, 0.15) is 18.4 Å². The molecule has 1 saturated carbocycles. The van der Waals surface area contributed by atoms with Crippen LogP contribution in [-0.2, 0) is 6.54 Å². The number of halogens is 2. The zero-order valence-corrected chi connectivity index (χ0v) is 9.47. The van der Waals surface area contributed by atoms with Gasteiger partial charge in [0.15, 0.2) is 5.96 Å². The van der Waals surface area contributed by atoms with E-state index < -0.39 is 5.82 Å². The van der Waals surface area contributed by atoms with Crippen LogP contribution in [0.5, 0.6) is 0 Å². The lowest BCUT2D eigenvalue weighted by Gasteiger charge is -2.03. The maximum absolute atomic E-state index is 12.9. The number of aliphatic imine (C=N–C) groups is 1. The predicted octanol–water partition coefficient (Wildman–Crippen LogP) is 2.05. The van der Waals surface area contributed by atoms with Gasteiger partial charge >= 0.3 is 0 Å². The molecule has 0 unspecified atom stereocenters. The second-order valence-corrected chi connectivity index (χ2v) is 4.28. The van der Waals surface area contributed by atoms with Crippen molar-refractivity contribution >= 4 is 17.6 Å². The molecule has 0 radical (unpaired) electrons. The molecule has 0 heterocycles. The molecule has 1 aromatic carbocycles. The van der Waals surface area contributed by atoms with Crippen LogP contribution in [0.25, 0.3) is 0 Å². The van der Waals surface area contributed by atoms with Crippen molar-refractivity contribution < 1.29 is 4.39 Å². The van der Waals surface area contributed by atoms with Crippen LogP contribution in [0.4, 0.5) is 4.39 Å². The second-order valence-electron chi connectivity index (χ2n) is 3.87. The number of hydrogen-bond donors (Lipinski definition) is 2. The molecule has 0 spiro atoms. The van der Waals surface area contributed by atoms with Crippen molar-refractivity contribution in [3.63, 3.8) is 0 Å². The molecule has 0 aromatic heterocycles. The van der Waals surface area contributed by atoms with Crippen molar-refractivity contribution in [3.8, 4) is 0 Å². The summed E-state index contributed by atoms with van der Waals surface area (Å²) in [7, 11) is 0. The maximum atomic E-state index is 12.9. The van der Waals surface area contributed by atoms with Gasteiger partial charge < -0.3 is 11.1 Å². The van der Waals surface area contributed by atoms with Gasteiger partial charge in [-0.15, -0.1) is 0 Å². The van der Waals surface area contributed by atoms with Crippen LogP contribution >= 0.6 is 11.6 Å². The van der Waals surface area contributed by atoms with E-state index in [1.54, 1.807) is 12.1 Å². The Labute approximate surface area is 98.5 Å².